The van der Waals surface area contributed by atoms with E-state index in [1.54, 1.807) is 0 Å². The fourth-order valence-electron chi connectivity index (χ4n) is 0. The van der Waals surface area contributed by atoms with Gasteiger partial charge in [0.1, 0.15) is 0 Å². The fraction of sp³-hybridized carbons (Fsp3) is 0. The predicted molar refractivity (Wildman–Crippen MR) is 14.9 cm³/mol. The molecule has 0 aliphatic rings. The van der Waals surface area contributed by atoms with Gasteiger partial charge in [-0.05, 0) is 0 Å². The quantitative estimate of drug-likeness (QED) is 0.334. The van der Waals surface area contributed by atoms with E-state index in [0.29, 0.717) is 0 Å². The minimum atomic E-state index is 0. The Kier molecular flexibility index (Phi) is 20.3. The molecule has 0 saturated heterocycles. The third kappa shape index (κ3) is 14.1. The Morgan fingerprint density at radius 1 is 1.25 bits per heavy atom. The summed E-state index contributed by atoms with van der Waals surface area (Å²) in [4.78, 5) is 0. The first-order chi connectivity index (χ1) is 1.41. The SMILES string of the molecule is OOO.[PbH2]. The van der Waals surface area contributed by atoms with Crippen molar-refractivity contribution in [2.75, 3.05) is 0 Å². The van der Waals surface area contributed by atoms with Crippen LogP contribution in [0.15, 0.2) is 0 Å². The molecule has 0 bridgehead atoms. The van der Waals surface area contributed by atoms with E-state index in [9.17, 15) is 0 Å². The molecule has 0 fully saturated rings. The van der Waals surface area contributed by atoms with Gasteiger partial charge < -0.3 is 0 Å². The average Bonchev–Trinajstić information content (AvgIpc) is 0.918. The normalized spacial score (nSPS) is 4.50. The van der Waals surface area contributed by atoms with E-state index in [1.165, 1.54) is 0 Å². The first kappa shape index (κ1) is 8.84. The molecule has 0 aromatic carbocycles. The summed E-state index contributed by atoms with van der Waals surface area (Å²) in [6, 6.07) is 0. The van der Waals surface area contributed by atoms with Crippen LogP contribution in [-0.2, 0) is 5.04 Å². The Labute approximate surface area is 43.2 Å². The Balaban J connectivity index is 0. The maximum absolute atomic E-state index is 6.62. The van der Waals surface area contributed by atoms with Crippen molar-refractivity contribution in [3.63, 3.8) is 0 Å². The van der Waals surface area contributed by atoms with Gasteiger partial charge in [0.25, 0.3) is 0 Å². The Morgan fingerprint density at radius 2 is 1.25 bits per heavy atom. The molecule has 0 heterocycles. The molecular weight excluding hydrogens is 255 g/mol. The van der Waals surface area contributed by atoms with Gasteiger partial charge in [0.15, 0.2) is 0 Å². The molecule has 0 unspecified atom stereocenters. The molecule has 0 saturated carbocycles. The molecule has 0 atom stereocenters. The van der Waals surface area contributed by atoms with Crippen LogP contribution in [-0.4, -0.2) is 37.8 Å². The molecule has 0 aliphatic heterocycles. The molecule has 0 aromatic rings. The summed E-state index contributed by atoms with van der Waals surface area (Å²) in [7, 11) is 0. The molecule has 4 heteroatoms. The van der Waals surface area contributed by atoms with Crippen LogP contribution >= 0.6 is 0 Å². The molecular formula is H4O3Pb. The van der Waals surface area contributed by atoms with Crippen molar-refractivity contribution in [3.8, 4) is 0 Å². The second-order valence-corrected chi connectivity index (χ2v) is 0.0816. The Bertz CT molecular complexity index is 3.25. The van der Waals surface area contributed by atoms with Crippen molar-refractivity contribution in [1.82, 2.24) is 0 Å². The van der Waals surface area contributed by atoms with E-state index in [1.807, 2.05) is 0 Å². The van der Waals surface area contributed by atoms with Gasteiger partial charge in [0.05, 0.1) is 0 Å². The molecule has 3 nitrogen and oxygen atoms in total. The van der Waals surface area contributed by atoms with Gasteiger partial charge in [-0.2, -0.15) is 0 Å². The van der Waals surface area contributed by atoms with Gasteiger partial charge in [-0.15, -0.1) is 0 Å². The molecule has 26 valence electrons. The van der Waals surface area contributed by atoms with Crippen LogP contribution in [0.4, 0.5) is 0 Å². The van der Waals surface area contributed by atoms with E-state index in [4.69, 9.17) is 10.5 Å². The first-order valence-electron chi connectivity index (χ1n) is 0.365. The molecule has 0 aliphatic carbocycles. The third-order valence-electron chi connectivity index (χ3n) is 0. The van der Waals surface area contributed by atoms with Crippen molar-refractivity contribution in [2.24, 2.45) is 0 Å². The van der Waals surface area contributed by atoms with Crippen LogP contribution < -0.4 is 0 Å². The number of rotatable bonds is 0. The van der Waals surface area contributed by atoms with Gasteiger partial charge in [-0.3, -0.25) is 0 Å². The summed E-state index contributed by atoms with van der Waals surface area (Å²) in [6.07, 6.45) is 0. The van der Waals surface area contributed by atoms with Crippen LogP contribution in [0.1, 0.15) is 0 Å². The topological polar surface area (TPSA) is 49.7 Å². The van der Waals surface area contributed by atoms with E-state index in [0.717, 1.165) is 0 Å². The fourth-order valence-corrected chi connectivity index (χ4v) is 0. The van der Waals surface area contributed by atoms with Crippen molar-refractivity contribution < 1.29 is 15.6 Å². The minimum absolute atomic E-state index is 0. The average molecular weight is 259 g/mol. The Morgan fingerprint density at radius 3 is 1.25 bits per heavy atom. The summed E-state index contributed by atoms with van der Waals surface area (Å²) in [5.41, 5.74) is 0. The van der Waals surface area contributed by atoms with Gasteiger partial charge in [0.2, 0.25) is 0 Å². The maximum atomic E-state index is 6.62. The first-order valence-corrected chi connectivity index (χ1v) is 0.365. The molecule has 0 amide bonds. The van der Waals surface area contributed by atoms with Gasteiger partial charge in [-0.1, -0.05) is 5.04 Å². The van der Waals surface area contributed by atoms with E-state index in [-0.39, 0.29) is 27.3 Å². The van der Waals surface area contributed by atoms with Crippen LogP contribution in [0.25, 0.3) is 0 Å². The predicted octanol–water partition coefficient (Wildman–Crippen LogP) is -0.967. The monoisotopic (exact) mass is 260 g/mol. The summed E-state index contributed by atoms with van der Waals surface area (Å²) < 4.78 is 0. The van der Waals surface area contributed by atoms with E-state index >= 15 is 0 Å². The molecule has 0 spiro atoms. The van der Waals surface area contributed by atoms with Gasteiger partial charge >= 0.3 is 27.3 Å². The number of hydrogen-bond donors (Lipinski definition) is 2. The molecule has 0 rings (SSSR count). The van der Waals surface area contributed by atoms with E-state index < -0.39 is 0 Å². The van der Waals surface area contributed by atoms with Crippen LogP contribution in [0.5, 0.6) is 0 Å². The van der Waals surface area contributed by atoms with Crippen LogP contribution in [0.3, 0.4) is 0 Å². The van der Waals surface area contributed by atoms with Gasteiger partial charge in [-0.25, -0.2) is 10.5 Å². The van der Waals surface area contributed by atoms with Crippen molar-refractivity contribution in [3.05, 3.63) is 0 Å². The second-order valence-electron chi connectivity index (χ2n) is 0.0816. The molecule has 0 aromatic heterocycles. The second kappa shape index (κ2) is 9.19. The zero-order valence-corrected chi connectivity index (χ0v) is 7.51. The van der Waals surface area contributed by atoms with Crippen molar-refractivity contribution in [1.29, 1.82) is 0 Å². The summed E-state index contributed by atoms with van der Waals surface area (Å²) in [5, 5.41) is 15.5. The van der Waals surface area contributed by atoms with Crippen molar-refractivity contribution in [2.45, 2.75) is 0 Å². The number of hydrogen-bond acceptors (Lipinski definition) is 3. The summed E-state index contributed by atoms with van der Waals surface area (Å²) >= 11 is 0. The van der Waals surface area contributed by atoms with Crippen LogP contribution in [0.2, 0.25) is 0 Å². The zero-order valence-electron chi connectivity index (χ0n) is 2.01. The van der Waals surface area contributed by atoms with E-state index in [2.05, 4.69) is 5.04 Å². The summed E-state index contributed by atoms with van der Waals surface area (Å²) in [6.45, 7) is 0. The summed E-state index contributed by atoms with van der Waals surface area (Å²) in [5.74, 6) is 0. The Hall–Kier alpha value is 0.802. The van der Waals surface area contributed by atoms with Gasteiger partial charge in [0, 0.05) is 0 Å². The zero-order chi connectivity index (χ0) is 2.71. The standard InChI is InChI=1S/H2O3.Pb.2H/c1-3-2;;;/h1-2H;;;. The molecule has 4 heavy (non-hydrogen) atoms. The molecule has 2 radical (unpaired) electrons. The van der Waals surface area contributed by atoms with Crippen LogP contribution in [0, 0.1) is 0 Å². The van der Waals surface area contributed by atoms with Crippen molar-refractivity contribution >= 4 is 27.3 Å². The third-order valence-corrected chi connectivity index (χ3v) is 0. The molecule has 2 N–H and O–H groups in total.